The summed E-state index contributed by atoms with van der Waals surface area (Å²) in [4.78, 5) is 10.6. The van der Waals surface area contributed by atoms with Gasteiger partial charge in [0, 0.05) is 4.92 Å². The molecule has 2 aliphatic rings. The Morgan fingerprint density at radius 3 is 2.37 bits per heavy atom. The van der Waals surface area contributed by atoms with Gasteiger partial charge in [0.05, 0.1) is 4.90 Å². The van der Waals surface area contributed by atoms with Crippen LogP contribution in [-0.2, 0) is 14.6 Å². The highest BCUT2D eigenvalue weighted by atomic mass is 32.2. The number of hydrogen-bond acceptors (Lipinski definition) is 5. The lowest BCUT2D eigenvalue weighted by Crippen LogP contribution is -2.45. The molecule has 0 N–H and O–H groups in total. The molecule has 0 aromatic heterocycles. The monoisotopic (exact) mass is 281 g/mol. The van der Waals surface area contributed by atoms with E-state index in [0.717, 1.165) is 0 Å². The first kappa shape index (κ1) is 12.3. The second-order valence-corrected chi connectivity index (χ2v) is 6.65. The zero-order chi connectivity index (χ0) is 13.6. The Bertz CT molecular complexity index is 639. The number of hydrogen-bond donors (Lipinski definition) is 0. The van der Waals surface area contributed by atoms with Crippen LogP contribution in [0.25, 0.3) is 0 Å². The first-order valence-corrected chi connectivity index (χ1v) is 7.32. The summed E-state index contributed by atoms with van der Waals surface area (Å²) < 4.78 is 30.4. The third kappa shape index (κ3) is 1.77. The van der Waals surface area contributed by atoms with E-state index in [1.807, 2.05) is 0 Å². The van der Waals surface area contributed by atoms with E-state index in [-0.39, 0.29) is 4.90 Å². The number of benzene rings is 1. The average Bonchev–Trinajstić information content (AvgIpc) is 3.00. The molecule has 3 rings (SSSR count). The van der Waals surface area contributed by atoms with Gasteiger partial charge in [0.1, 0.15) is 12.2 Å². The highest BCUT2D eigenvalue weighted by molar-refractivity contribution is 7.92. The third-order valence-electron chi connectivity index (χ3n) is 3.48. The number of rotatable bonds is 3. The molecule has 100 valence electrons. The second-order valence-electron chi connectivity index (χ2n) is 4.55. The maximum Gasteiger partial charge on any atom is 0.262 e. The van der Waals surface area contributed by atoms with E-state index >= 15 is 0 Å². The summed E-state index contributed by atoms with van der Waals surface area (Å²) in [5, 5.41) is 9.95. The number of nitrogens with zero attached hydrogens (tertiary/aromatic N) is 1. The first-order chi connectivity index (χ1) is 9.01. The quantitative estimate of drug-likeness (QED) is 0.465. The molecule has 0 unspecified atom stereocenters. The highest BCUT2D eigenvalue weighted by Gasteiger charge is 2.59. The lowest BCUT2D eigenvalue weighted by atomic mass is 10.0. The van der Waals surface area contributed by atoms with E-state index in [1.165, 1.54) is 12.1 Å². The number of ether oxygens (including phenoxy) is 1. The van der Waals surface area contributed by atoms with Crippen LogP contribution in [0.1, 0.15) is 0 Å². The molecule has 1 saturated heterocycles. The minimum absolute atomic E-state index is 0.0939. The maximum absolute atomic E-state index is 12.5. The van der Waals surface area contributed by atoms with Crippen molar-refractivity contribution < 1.29 is 18.1 Å². The highest BCUT2D eigenvalue weighted by Crippen LogP contribution is 2.37. The summed E-state index contributed by atoms with van der Waals surface area (Å²) in [5.74, 6) is 0. The van der Waals surface area contributed by atoms with Gasteiger partial charge in [-0.2, -0.15) is 0 Å². The lowest BCUT2D eigenvalue weighted by molar-refractivity contribution is -0.523. The molecule has 0 aliphatic carbocycles. The maximum atomic E-state index is 12.5. The smallest absolute Gasteiger partial charge is 0.262 e. The van der Waals surface area contributed by atoms with Crippen molar-refractivity contribution in [3.05, 3.63) is 52.6 Å². The second kappa shape index (κ2) is 4.14. The SMILES string of the molecule is O=[N+]([O-])[C@@H]1[C@@H](S(=O)(=O)c2ccccc2)[C@H]2C=C[C@@H]1O2. The Hall–Kier alpha value is -1.73. The van der Waals surface area contributed by atoms with E-state index in [1.54, 1.807) is 30.4 Å². The Morgan fingerprint density at radius 2 is 1.74 bits per heavy atom. The molecule has 2 aliphatic heterocycles. The molecule has 19 heavy (non-hydrogen) atoms. The van der Waals surface area contributed by atoms with Gasteiger partial charge in [-0.15, -0.1) is 0 Å². The molecule has 2 bridgehead atoms. The van der Waals surface area contributed by atoms with E-state index in [4.69, 9.17) is 4.74 Å². The molecular weight excluding hydrogens is 270 g/mol. The van der Waals surface area contributed by atoms with Crippen molar-refractivity contribution >= 4 is 9.84 Å². The molecule has 4 atom stereocenters. The van der Waals surface area contributed by atoms with Crippen LogP contribution in [0.4, 0.5) is 0 Å². The van der Waals surface area contributed by atoms with Crippen LogP contribution < -0.4 is 0 Å². The van der Waals surface area contributed by atoms with Crippen LogP contribution >= 0.6 is 0 Å². The van der Waals surface area contributed by atoms with Crippen LogP contribution in [0.2, 0.25) is 0 Å². The Balaban J connectivity index is 2.06. The van der Waals surface area contributed by atoms with Gasteiger partial charge in [-0.3, -0.25) is 10.1 Å². The standard InChI is InChI=1S/C12H11NO5S/c14-13(15)11-9-6-7-10(18-9)12(11)19(16,17)8-4-2-1-3-5-8/h1-7,9-12H/t9-,10+,11-,12-/m0/s1. The molecule has 0 radical (unpaired) electrons. The van der Waals surface area contributed by atoms with Crippen molar-refractivity contribution in [3.8, 4) is 0 Å². The molecule has 6 nitrogen and oxygen atoms in total. The first-order valence-electron chi connectivity index (χ1n) is 5.78. The summed E-state index contributed by atoms with van der Waals surface area (Å²) in [6, 6.07) is 6.54. The summed E-state index contributed by atoms with van der Waals surface area (Å²) in [5.41, 5.74) is 0. The average molecular weight is 281 g/mol. The molecule has 0 spiro atoms. The van der Waals surface area contributed by atoms with E-state index in [9.17, 15) is 18.5 Å². The van der Waals surface area contributed by atoms with Crippen molar-refractivity contribution in [2.75, 3.05) is 0 Å². The van der Waals surface area contributed by atoms with Crippen LogP contribution in [0.3, 0.4) is 0 Å². The summed E-state index contributed by atoms with van der Waals surface area (Å²) in [7, 11) is -3.78. The van der Waals surface area contributed by atoms with Gasteiger partial charge in [-0.1, -0.05) is 30.4 Å². The molecule has 0 saturated carbocycles. The topological polar surface area (TPSA) is 86.5 Å². The van der Waals surface area contributed by atoms with Gasteiger partial charge in [0.25, 0.3) is 6.04 Å². The van der Waals surface area contributed by atoms with Crippen LogP contribution in [0.5, 0.6) is 0 Å². The number of fused-ring (bicyclic) bond motifs is 2. The molecule has 2 heterocycles. The molecule has 1 aromatic carbocycles. The fourth-order valence-electron chi connectivity index (χ4n) is 2.62. The van der Waals surface area contributed by atoms with E-state index < -0.39 is 38.3 Å². The molecule has 0 amide bonds. The minimum atomic E-state index is -3.78. The van der Waals surface area contributed by atoms with Gasteiger partial charge in [0.2, 0.25) is 0 Å². The van der Waals surface area contributed by atoms with Crippen molar-refractivity contribution in [3.63, 3.8) is 0 Å². The summed E-state index contributed by atoms with van der Waals surface area (Å²) in [6.45, 7) is 0. The fourth-order valence-corrected chi connectivity index (χ4v) is 4.60. The minimum Gasteiger partial charge on any atom is -0.358 e. The molecular formula is C12H11NO5S. The van der Waals surface area contributed by atoms with Gasteiger partial charge < -0.3 is 4.74 Å². The predicted octanol–water partition coefficient (Wildman–Crippen LogP) is 0.811. The van der Waals surface area contributed by atoms with Gasteiger partial charge in [0.15, 0.2) is 15.1 Å². The Morgan fingerprint density at radius 1 is 1.11 bits per heavy atom. The van der Waals surface area contributed by atoms with Crippen LogP contribution in [0, 0.1) is 10.1 Å². The van der Waals surface area contributed by atoms with Gasteiger partial charge in [-0.05, 0) is 12.1 Å². The normalized spacial score (nSPS) is 32.6. The summed E-state index contributed by atoms with van der Waals surface area (Å²) >= 11 is 0. The Kier molecular flexibility index (Phi) is 2.68. The fraction of sp³-hybridized carbons (Fsp3) is 0.333. The van der Waals surface area contributed by atoms with Gasteiger partial charge >= 0.3 is 0 Å². The summed E-state index contributed by atoms with van der Waals surface area (Å²) in [6.07, 6.45) is 1.68. The molecule has 7 heteroatoms. The van der Waals surface area contributed by atoms with Crippen molar-refractivity contribution in [2.45, 2.75) is 28.4 Å². The van der Waals surface area contributed by atoms with Crippen molar-refractivity contribution in [1.29, 1.82) is 0 Å². The zero-order valence-electron chi connectivity index (χ0n) is 9.75. The number of sulfone groups is 1. The van der Waals surface area contributed by atoms with Gasteiger partial charge in [-0.25, -0.2) is 8.42 Å². The molecule has 1 fully saturated rings. The predicted molar refractivity (Wildman–Crippen MR) is 66.0 cm³/mol. The van der Waals surface area contributed by atoms with Crippen molar-refractivity contribution in [1.82, 2.24) is 0 Å². The van der Waals surface area contributed by atoms with E-state index in [2.05, 4.69) is 0 Å². The zero-order valence-corrected chi connectivity index (χ0v) is 10.6. The van der Waals surface area contributed by atoms with Crippen molar-refractivity contribution in [2.24, 2.45) is 0 Å². The molecule has 1 aromatic rings. The Labute approximate surface area is 109 Å². The van der Waals surface area contributed by atoms with E-state index in [0.29, 0.717) is 0 Å². The van der Waals surface area contributed by atoms with Crippen LogP contribution in [-0.4, -0.2) is 36.8 Å². The third-order valence-corrected chi connectivity index (χ3v) is 5.67. The lowest BCUT2D eigenvalue weighted by Gasteiger charge is -2.19. The number of nitro groups is 1. The van der Waals surface area contributed by atoms with Crippen LogP contribution in [0.15, 0.2) is 47.4 Å². The largest absolute Gasteiger partial charge is 0.358 e.